The minimum atomic E-state index is -4.51. The molecule has 0 aliphatic heterocycles. The zero-order chi connectivity index (χ0) is 17.7. The highest BCUT2D eigenvalue weighted by Crippen LogP contribution is 2.21. The zero-order valence-corrected chi connectivity index (χ0v) is 12.8. The van der Waals surface area contributed by atoms with Crippen LogP contribution in [0.15, 0.2) is 30.3 Å². The lowest BCUT2D eigenvalue weighted by molar-refractivity contribution is -0.137. The molecule has 0 saturated heterocycles. The summed E-state index contributed by atoms with van der Waals surface area (Å²) in [6, 6.07) is 8.24. The molecule has 10 heteroatoms. The SMILES string of the molecule is O=C(CNC(=O)c1cc(-c2cccc(Cl)c2)n[nH]1)NCC(F)(F)F. The van der Waals surface area contributed by atoms with E-state index in [1.54, 1.807) is 29.6 Å². The first-order chi connectivity index (χ1) is 11.2. The molecule has 2 aromatic rings. The van der Waals surface area contributed by atoms with E-state index in [1.807, 2.05) is 0 Å². The molecule has 0 radical (unpaired) electrons. The highest BCUT2D eigenvalue weighted by Gasteiger charge is 2.27. The highest BCUT2D eigenvalue weighted by atomic mass is 35.5. The van der Waals surface area contributed by atoms with Crippen molar-refractivity contribution in [3.8, 4) is 11.3 Å². The Balaban J connectivity index is 1.91. The maximum Gasteiger partial charge on any atom is 0.405 e. The number of hydrogen-bond donors (Lipinski definition) is 3. The largest absolute Gasteiger partial charge is 0.405 e. The van der Waals surface area contributed by atoms with Gasteiger partial charge in [0.2, 0.25) is 5.91 Å². The normalized spacial score (nSPS) is 11.2. The van der Waals surface area contributed by atoms with Crippen LogP contribution in [-0.4, -0.2) is 41.3 Å². The molecule has 1 aromatic carbocycles. The predicted octanol–water partition coefficient (Wildman–Crippen LogP) is 2.14. The molecule has 24 heavy (non-hydrogen) atoms. The Hall–Kier alpha value is -2.55. The average Bonchev–Trinajstić information content (AvgIpc) is 3.00. The van der Waals surface area contributed by atoms with Crippen LogP contribution in [0.1, 0.15) is 10.5 Å². The number of rotatable bonds is 5. The van der Waals surface area contributed by atoms with Crippen molar-refractivity contribution in [1.82, 2.24) is 20.8 Å². The van der Waals surface area contributed by atoms with E-state index in [4.69, 9.17) is 11.6 Å². The molecule has 0 unspecified atom stereocenters. The van der Waals surface area contributed by atoms with Gasteiger partial charge in [-0.25, -0.2) is 0 Å². The summed E-state index contributed by atoms with van der Waals surface area (Å²) < 4.78 is 35.8. The molecule has 128 valence electrons. The predicted molar refractivity (Wildman–Crippen MR) is 80.4 cm³/mol. The van der Waals surface area contributed by atoms with Gasteiger partial charge >= 0.3 is 6.18 Å². The molecule has 1 aromatic heterocycles. The van der Waals surface area contributed by atoms with Crippen molar-refractivity contribution < 1.29 is 22.8 Å². The second-order valence-corrected chi connectivity index (χ2v) is 5.19. The summed E-state index contributed by atoms with van der Waals surface area (Å²) >= 11 is 5.87. The van der Waals surface area contributed by atoms with Gasteiger partial charge in [-0.05, 0) is 18.2 Å². The number of carbonyl (C=O) groups is 2. The minimum Gasteiger partial charge on any atom is -0.345 e. The summed E-state index contributed by atoms with van der Waals surface area (Å²) in [6.07, 6.45) is -4.51. The third-order valence-electron chi connectivity index (χ3n) is 2.84. The number of H-pyrrole nitrogens is 1. The van der Waals surface area contributed by atoms with Crippen LogP contribution in [0, 0.1) is 0 Å². The Kier molecular flexibility index (Phi) is 5.45. The highest BCUT2D eigenvalue weighted by molar-refractivity contribution is 6.30. The van der Waals surface area contributed by atoms with Gasteiger partial charge in [-0.3, -0.25) is 14.7 Å². The standard InChI is InChI=1S/C14H12ClF3N4O2/c15-9-3-1-2-8(4-9)10-5-11(22-21-10)13(24)19-6-12(23)20-7-14(16,17)18/h1-5H,6-7H2,(H,19,24)(H,20,23)(H,21,22). The lowest BCUT2D eigenvalue weighted by Crippen LogP contribution is -2.40. The Morgan fingerprint density at radius 2 is 1.96 bits per heavy atom. The Morgan fingerprint density at radius 1 is 1.21 bits per heavy atom. The van der Waals surface area contributed by atoms with Crippen molar-refractivity contribution in [1.29, 1.82) is 0 Å². The molecule has 2 amide bonds. The van der Waals surface area contributed by atoms with E-state index in [2.05, 4.69) is 15.5 Å². The van der Waals surface area contributed by atoms with Gasteiger partial charge in [-0.15, -0.1) is 0 Å². The third kappa shape index (κ3) is 5.27. The van der Waals surface area contributed by atoms with E-state index in [1.165, 1.54) is 6.07 Å². The van der Waals surface area contributed by atoms with Gasteiger partial charge in [0.15, 0.2) is 0 Å². The number of amides is 2. The van der Waals surface area contributed by atoms with Crippen molar-refractivity contribution in [2.45, 2.75) is 6.18 Å². The molecule has 0 atom stereocenters. The third-order valence-corrected chi connectivity index (χ3v) is 3.07. The molecule has 0 saturated carbocycles. The van der Waals surface area contributed by atoms with Gasteiger partial charge in [0.1, 0.15) is 12.2 Å². The lowest BCUT2D eigenvalue weighted by Gasteiger charge is -2.08. The Bertz CT molecular complexity index is 746. The van der Waals surface area contributed by atoms with Crippen LogP contribution in [0.2, 0.25) is 5.02 Å². The number of halogens is 4. The number of aromatic amines is 1. The van der Waals surface area contributed by atoms with Crippen molar-refractivity contribution in [3.63, 3.8) is 0 Å². The summed E-state index contributed by atoms with van der Waals surface area (Å²) in [7, 11) is 0. The lowest BCUT2D eigenvalue weighted by atomic mass is 10.1. The van der Waals surface area contributed by atoms with Gasteiger partial charge in [0.05, 0.1) is 12.2 Å². The summed E-state index contributed by atoms with van der Waals surface area (Å²) in [5.41, 5.74) is 1.21. The number of hydrogen-bond acceptors (Lipinski definition) is 3. The smallest absolute Gasteiger partial charge is 0.345 e. The summed E-state index contributed by atoms with van der Waals surface area (Å²) in [4.78, 5) is 23.1. The van der Waals surface area contributed by atoms with Gasteiger partial charge in [0, 0.05) is 10.6 Å². The monoisotopic (exact) mass is 360 g/mol. The fourth-order valence-corrected chi connectivity index (χ4v) is 1.94. The second-order valence-electron chi connectivity index (χ2n) is 4.75. The summed E-state index contributed by atoms with van der Waals surface area (Å²) in [6.45, 7) is -2.04. The van der Waals surface area contributed by atoms with E-state index in [0.717, 1.165) is 0 Å². The van der Waals surface area contributed by atoms with Crippen LogP contribution in [0.25, 0.3) is 11.3 Å². The van der Waals surface area contributed by atoms with E-state index < -0.39 is 31.1 Å². The first kappa shape index (κ1) is 17.8. The fraction of sp³-hybridized carbons (Fsp3) is 0.214. The van der Waals surface area contributed by atoms with Crippen LogP contribution in [0.3, 0.4) is 0 Å². The first-order valence-electron chi connectivity index (χ1n) is 6.67. The maximum absolute atomic E-state index is 11.9. The number of nitrogens with one attached hydrogen (secondary N) is 3. The van der Waals surface area contributed by atoms with E-state index in [9.17, 15) is 22.8 Å². The van der Waals surface area contributed by atoms with E-state index in [-0.39, 0.29) is 5.69 Å². The van der Waals surface area contributed by atoms with Crippen molar-refractivity contribution >= 4 is 23.4 Å². The number of alkyl halides is 3. The van der Waals surface area contributed by atoms with Gasteiger partial charge in [-0.2, -0.15) is 18.3 Å². The van der Waals surface area contributed by atoms with Crippen LogP contribution in [-0.2, 0) is 4.79 Å². The number of aromatic nitrogens is 2. The van der Waals surface area contributed by atoms with Gasteiger partial charge in [0.25, 0.3) is 5.91 Å². The van der Waals surface area contributed by atoms with Gasteiger partial charge < -0.3 is 10.6 Å². The van der Waals surface area contributed by atoms with Crippen LogP contribution < -0.4 is 10.6 Å². The molecular weight excluding hydrogens is 349 g/mol. The molecular formula is C14H12ClF3N4O2. The Morgan fingerprint density at radius 3 is 2.62 bits per heavy atom. The van der Waals surface area contributed by atoms with Gasteiger partial charge in [-0.1, -0.05) is 23.7 Å². The zero-order valence-electron chi connectivity index (χ0n) is 12.1. The first-order valence-corrected chi connectivity index (χ1v) is 7.05. The molecule has 0 fully saturated rings. The molecule has 0 bridgehead atoms. The maximum atomic E-state index is 11.9. The molecule has 0 spiro atoms. The van der Waals surface area contributed by atoms with Crippen molar-refractivity contribution in [2.24, 2.45) is 0 Å². The molecule has 1 heterocycles. The van der Waals surface area contributed by atoms with Crippen molar-refractivity contribution in [3.05, 3.63) is 41.0 Å². The number of nitrogens with zero attached hydrogens (tertiary/aromatic N) is 1. The van der Waals surface area contributed by atoms with Crippen LogP contribution in [0.5, 0.6) is 0 Å². The van der Waals surface area contributed by atoms with E-state index >= 15 is 0 Å². The Labute approximate surface area is 139 Å². The molecule has 2 rings (SSSR count). The van der Waals surface area contributed by atoms with E-state index in [0.29, 0.717) is 16.3 Å². The number of carbonyl (C=O) groups excluding carboxylic acids is 2. The number of benzene rings is 1. The topological polar surface area (TPSA) is 86.9 Å². The average molecular weight is 361 g/mol. The summed E-state index contributed by atoms with van der Waals surface area (Å²) in [5, 5.41) is 10.8. The second kappa shape index (κ2) is 7.35. The summed E-state index contributed by atoms with van der Waals surface area (Å²) in [5.74, 6) is -1.62. The quantitative estimate of drug-likeness (QED) is 0.763. The molecule has 6 nitrogen and oxygen atoms in total. The minimum absolute atomic E-state index is 0.0635. The van der Waals surface area contributed by atoms with Crippen molar-refractivity contribution in [2.75, 3.05) is 13.1 Å². The molecule has 0 aliphatic carbocycles. The molecule has 0 aliphatic rings. The van der Waals surface area contributed by atoms with Crippen LogP contribution in [0.4, 0.5) is 13.2 Å². The fourth-order valence-electron chi connectivity index (χ4n) is 1.75. The molecule has 3 N–H and O–H groups in total. The van der Waals surface area contributed by atoms with Crippen LogP contribution >= 0.6 is 11.6 Å².